The van der Waals surface area contributed by atoms with Crippen molar-refractivity contribution >= 4 is 5.97 Å². The van der Waals surface area contributed by atoms with Gasteiger partial charge in [0.05, 0.1) is 7.11 Å². The van der Waals surface area contributed by atoms with Crippen molar-refractivity contribution in [1.82, 2.24) is 19.6 Å². The lowest BCUT2D eigenvalue weighted by atomic mass is 10.5. The highest BCUT2D eigenvalue weighted by Gasteiger charge is 2.11. The van der Waals surface area contributed by atoms with Gasteiger partial charge in [-0.05, 0) is 6.07 Å². The van der Waals surface area contributed by atoms with Gasteiger partial charge in [0.1, 0.15) is 0 Å². The smallest absolute Gasteiger partial charge is 0.356 e. The van der Waals surface area contributed by atoms with Crippen molar-refractivity contribution in [2.24, 2.45) is 7.05 Å². The van der Waals surface area contributed by atoms with E-state index in [-0.39, 0.29) is 5.69 Å². The number of aromatic nitrogens is 4. The first-order chi connectivity index (χ1) is 7.61. The molecule has 0 atom stereocenters. The molecule has 7 heteroatoms. The summed E-state index contributed by atoms with van der Waals surface area (Å²) < 4.78 is 7.96. The highest BCUT2D eigenvalue weighted by molar-refractivity contribution is 5.85. The van der Waals surface area contributed by atoms with Crippen molar-refractivity contribution in [2.45, 2.75) is 0 Å². The summed E-state index contributed by atoms with van der Waals surface area (Å²) in [5.41, 5.74) is -0.0235. The molecule has 0 radical (unpaired) electrons. The molecule has 2 rings (SSSR count). The van der Waals surface area contributed by atoms with Gasteiger partial charge in [-0.15, -0.1) is 5.10 Å². The van der Waals surface area contributed by atoms with Crippen LogP contribution in [0.2, 0.25) is 0 Å². The number of methoxy groups -OCH3 is 1. The van der Waals surface area contributed by atoms with Crippen molar-refractivity contribution < 1.29 is 14.6 Å². The van der Waals surface area contributed by atoms with E-state index in [0.717, 1.165) is 0 Å². The molecule has 0 unspecified atom stereocenters. The normalized spacial score (nSPS) is 10.4. The molecule has 0 spiro atoms. The molecule has 0 aromatic carbocycles. The summed E-state index contributed by atoms with van der Waals surface area (Å²) in [6, 6.07) is 3.07. The Balaban J connectivity index is 2.38. The summed E-state index contributed by atoms with van der Waals surface area (Å²) in [7, 11) is 3.26. The standard InChI is InChI=1S/C9H10N4O3/c1-12-8(16-2)5-7(11-12)13-4-3-6(10-13)9(14)15/h3-5H,1-2H3,(H,14,15). The number of carboxylic acid groups (broad SMARTS) is 1. The largest absolute Gasteiger partial charge is 0.481 e. The SMILES string of the molecule is COc1cc(-n2ccc(C(=O)O)n2)nn1C. The van der Waals surface area contributed by atoms with Crippen LogP contribution in [0.1, 0.15) is 10.5 Å². The fraction of sp³-hybridized carbons (Fsp3) is 0.222. The van der Waals surface area contributed by atoms with Gasteiger partial charge in [0.2, 0.25) is 5.88 Å². The monoisotopic (exact) mass is 222 g/mol. The number of hydrogen-bond acceptors (Lipinski definition) is 4. The van der Waals surface area contributed by atoms with Crippen LogP contribution in [-0.4, -0.2) is 37.7 Å². The minimum absolute atomic E-state index is 0.0235. The van der Waals surface area contributed by atoms with Crippen LogP contribution in [-0.2, 0) is 7.05 Å². The van der Waals surface area contributed by atoms with Crippen molar-refractivity contribution in [1.29, 1.82) is 0 Å². The second-order valence-electron chi connectivity index (χ2n) is 3.12. The third-order valence-corrected chi connectivity index (χ3v) is 2.08. The zero-order chi connectivity index (χ0) is 11.7. The zero-order valence-corrected chi connectivity index (χ0v) is 8.78. The van der Waals surface area contributed by atoms with E-state index in [4.69, 9.17) is 9.84 Å². The molecule has 2 aromatic rings. The Morgan fingerprint density at radius 2 is 2.25 bits per heavy atom. The molecular weight excluding hydrogens is 212 g/mol. The molecule has 2 aromatic heterocycles. The van der Waals surface area contributed by atoms with Gasteiger partial charge in [-0.2, -0.15) is 5.10 Å². The number of aromatic carboxylic acids is 1. The average Bonchev–Trinajstić information content (AvgIpc) is 2.83. The Hall–Kier alpha value is -2.31. The molecule has 0 saturated heterocycles. The van der Waals surface area contributed by atoms with Crippen LogP contribution < -0.4 is 4.74 Å². The Morgan fingerprint density at radius 1 is 1.50 bits per heavy atom. The molecule has 0 aliphatic carbocycles. The molecular formula is C9H10N4O3. The van der Waals surface area contributed by atoms with Crippen molar-refractivity contribution in [2.75, 3.05) is 7.11 Å². The van der Waals surface area contributed by atoms with Crippen LogP contribution in [0.5, 0.6) is 5.88 Å². The summed E-state index contributed by atoms with van der Waals surface area (Å²) >= 11 is 0. The molecule has 84 valence electrons. The number of hydrogen-bond donors (Lipinski definition) is 1. The summed E-state index contributed by atoms with van der Waals surface area (Å²) in [5.74, 6) is 0.0101. The van der Waals surface area contributed by atoms with Crippen molar-refractivity contribution in [3.63, 3.8) is 0 Å². The van der Waals surface area contributed by atoms with Gasteiger partial charge in [0.15, 0.2) is 11.5 Å². The average molecular weight is 222 g/mol. The van der Waals surface area contributed by atoms with Gasteiger partial charge in [-0.1, -0.05) is 0 Å². The van der Waals surface area contributed by atoms with Crippen LogP contribution >= 0.6 is 0 Å². The minimum atomic E-state index is -1.07. The van der Waals surface area contributed by atoms with E-state index in [1.165, 1.54) is 28.7 Å². The van der Waals surface area contributed by atoms with Crippen LogP contribution in [0, 0.1) is 0 Å². The zero-order valence-electron chi connectivity index (χ0n) is 8.78. The van der Waals surface area contributed by atoms with E-state index in [2.05, 4.69) is 10.2 Å². The second-order valence-corrected chi connectivity index (χ2v) is 3.12. The van der Waals surface area contributed by atoms with Gasteiger partial charge in [-0.25, -0.2) is 14.2 Å². The number of rotatable bonds is 3. The van der Waals surface area contributed by atoms with E-state index >= 15 is 0 Å². The molecule has 2 heterocycles. The third kappa shape index (κ3) is 1.62. The Morgan fingerprint density at radius 3 is 2.75 bits per heavy atom. The number of carbonyl (C=O) groups is 1. The second kappa shape index (κ2) is 3.69. The molecule has 0 bridgehead atoms. The molecule has 0 saturated carbocycles. The van der Waals surface area contributed by atoms with E-state index < -0.39 is 5.97 Å². The molecule has 0 aliphatic heterocycles. The van der Waals surface area contributed by atoms with Crippen molar-refractivity contribution in [3.8, 4) is 11.7 Å². The first-order valence-electron chi connectivity index (χ1n) is 4.49. The molecule has 0 fully saturated rings. The maximum Gasteiger partial charge on any atom is 0.356 e. The van der Waals surface area contributed by atoms with E-state index in [1.807, 2.05) is 0 Å². The van der Waals surface area contributed by atoms with Gasteiger partial charge < -0.3 is 9.84 Å². The fourth-order valence-electron chi connectivity index (χ4n) is 1.30. The predicted molar refractivity (Wildman–Crippen MR) is 53.8 cm³/mol. The van der Waals surface area contributed by atoms with Crippen LogP contribution in [0.3, 0.4) is 0 Å². The van der Waals surface area contributed by atoms with E-state index in [9.17, 15) is 4.79 Å². The summed E-state index contributed by atoms with van der Waals surface area (Å²) in [6.07, 6.45) is 1.53. The molecule has 0 aliphatic rings. The first-order valence-corrected chi connectivity index (χ1v) is 4.49. The quantitative estimate of drug-likeness (QED) is 0.808. The van der Waals surface area contributed by atoms with Gasteiger partial charge in [0.25, 0.3) is 0 Å². The van der Waals surface area contributed by atoms with Crippen LogP contribution in [0.15, 0.2) is 18.3 Å². The maximum atomic E-state index is 10.6. The Bertz CT molecular complexity index is 529. The van der Waals surface area contributed by atoms with Crippen LogP contribution in [0.4, 0.5) is 0 Å². The van der Waals surface area contributed by atoms with Gasteiger partial charge >= 0.3 is 5.97 Å². The summed E-state index contributed by atoms with van der Waals surface area (Å²) in [5, 5.41) is 16.7. The Kier molecular flexibility index (Phi) is 2.35. The topological polar surface area (TPSA) is 82.2 Å². The third-order valence-electron chi connectivity index (χ3n) is 2.08. The maximum absolute atomic E-state index is 10.6. The number of nitrogens with zero attached hydrogens (tertiary/aromatic N) is 4. The van der Waals surface area contributed by atoms with E-state index in [1.54, 1.807) is 13.1 Å². The lowest BCUT2D eigenvalue weighted by Gasteiger charge is -1.95. The lowest BCUT2D eigenvalue weighted by molar-refractivity contribution is 0.0690. The number of carboxylic acids is 1. The van der Waals surface area contributed by atoms with Gasteiger partial charge in [-0.3, -0.25) is 0 Å². The van der Waals surface area contributed by atoms with Crippen molar-refractivity contribution in [3.05, 3.63) is 24.0 Å². The van der Waals surface area contributed by atoms with Crippen LogP contribution in [0.25, 0.3) is 5.82 Å². The van der Waals surface area contributed by atoms with Gasteiger partial charge in [0, 0.05) is 19.3 Å². The first kappa shape index (κ1) is 10.2. The molecule has 0 amide bonds. The number of ether oxygens (including phenoxy) is 1. The predicted octanol–water partition coefficient (Wildman–Crippen LogP) is 0.313. The highest BCUT2D eigenvalue weighted by atomic mass is 16.5. The van der Waals surface area contributed by atoms with E-state index in [0.29, 0.717) is 11.7 Å². The fourth-order valence-corrected chi connectivity index (χ4v) is 1.30. The minimum Gasteiger partial charge on any atom is -0.481 e. The molecule has 7 nitrogen and oxygen atoms in total. The highest BCUT2D eigenvalue weighted by Crippen LogP contribution is 2.14. The lowest BCUT2D eigenvalue weighted by Crippen LogP contribution is -2.02. The molecule has 16 heavy (non-hydrogen) atoms. The summed E-state index contributed by atoms with van der Waals surface area (Å²) in [6.45, 7) is 0. The Labute approximate surface area is 90.9 Å². The molecule has 1 N–H and O–H groups in total. The summed E-state index contributed by atoms with van der Waals surface area (Å²) in [4.78, 5) is 10.6. The number of aryl methyl sites for hydroxylation is 1.